The van der Waals surface area contributed by atoms with Crippen molar-refractivity contribution in [2.75, 3.05) is 14.2 Å². The van der Waals surface area contributed by atoms with Crippen molar-refractivity contribution in [1.82, 2.24) is 0 Å². The van der Waals surface area contributed by atoms with Gasteiger partial charge in [0, 0.05) is 6.07 Å². The predicted molar refractivity (Wildman–Crippen MR) is 54.0 cm³/mol. The SMILES string of the molecule is COc1cc(CS(=O)O)cc(OC)c1. The van der Waals surface area contributed by atoms with E-state index < -0.39 is 11.1 Å². The first kappa shape index (κ1) is 11.0. The zero-order chi connectivity index (χ0) is 10.6. The third-order valence-electron chi connectivity index (χ3n) is 1.70. The van der Waals surface area contributed by atoms with E-state index in [0.29, 0.717) is 17.1 Å². The summed E-state index contributed by atoms with van der Waals surface area (Å²) in [7, 11) is 3.07. The molecule has 78 valence electrons. The number of ether oxygens (including phenoxy) is 2. The summed E-state index contributed by atoms with van der Waals surface area (Å²) in [6, 6.07) is 5.12. The monoisotopic (exact) mass is 216 g/mol. The molecule has 0 saturated heterocycles. The lowest BCUT2D eigenvalue weighted by Gasteiger charge is -2.06. The van der Waals surface area contributed by atoms with Gasteiger partial charge in [0.05, 0.1) is 20.0 Å². The molecule has 4 nitrogen and oxygen atoms in total. The molecule has 1 N–H and O–H groups in total. The van der Waals surface area contributed by atoms with Gasteiger partial charge in [-0.05, 0) is 17.7 Å². The molecular weight excluding hydrogens is 204 g/mol. The molecule has 0 aliphatic heterocycles. The molecular formula is C9H12O4S. The Bertz CT molecular complexity index is 315. The maximum Gasteiger partial charge on any atom is 0.157 e. The van der Waals surface area contributed by atoms with Gasteiger partial charge < -0.3 is 14.0 Å². The number of rotatable bonds is 4. The van der Waals surface area contributed by atoms with E-state index in [2.05, 4.69) is 0 Å². The van der Waals surface area contributed by atoms with E-state index in [9.17, 15) is 4.21 Å². The molecule has 0 bridgehead atoms. The van der Waals surface area contributed by atoms with Gasteiger partial charge in [0.2, 0.25) is 0 Å². The van der Waals surface area contributed by atoms with Crippen LogP contribution < -0.4 is 9.47 Å². The van der Waals surface area contributed by atoms with Gasteiger partial charge in [-0.15, -0.1) is 0 Å². The van der Waals surface area contributed by atoms with Crippen LogP contribution in [-0.4, -0.2) is 23.0 Å². The van der Waals surface area contributed by atoms with E-state index in [1.807, 2.05) is 0 Å². The van der Waals surface area contributed by atoms with Crippen molar-refractivity contribution in [3.8, 4) is 11.5 Å². The van der Waals surface area contributed by atoms with Crippen LogP contribution in [0.3, 0.4) is 0 Å². The van der Waals surface area contributed by atoms with Crippen LogP contribution in [0.15, 0.2) is 18.2 Å². The van der Waals surface area contributed by atoms with E-state index in [1.165, 1.54) is 14.2 Å². The van der Waals surface area contributed by atoms with Gasteiger partial charge in [-0.25, -0.2) is 4.21 Å². The fraction of sp³-hybridized carbons (Fsp3) is 0.333. The van der Waals surface area contributed by atoms with Crippen molar-refractivity contribution in [2.45, 2.75) is 5.75 Å². The van der Waals surface area contributed by atoms with E-state index in [-0.39, 0.29) is 5.75 Å². The average Bonchev–Trinajstić information content (AvgIpc) is 2.16. The molecule has 1 aromatic rings. The van der Waals surface area contributed by atoms with Crippen molar-refractivity contribution < 1.29 is 18.2 Å². The molecule has 14 heavy (non-hydrogen) atoms. The van der Waals surface area contributed by atoms with E-state index in [4.69, 9.17) is 14.0 Å². The minimum Gasteiger partial charge on any atom is -0.497 e. The predicted octanol–water partition coefficient (Wildman–Crippen LogP) is 1.43. The van der Waals surface area contributed by atoms with Crippen LogP contribution in [0.5, 0.6) is 11.5 Å². The smallest absolute Gasteiger partial charge is 0.157 e. The summed E-state index contributed by atoms with van der Waals surface area (Å²) < 4.78 is 29.4. The highest BCUT2D eigenvalue weighted by atomic mass is 32.2. The van der Waals surface area contributed by atoms with Gasteiger partial charge in [0.25, 0.3) is 0 Å². The number of methoxy groups -OCH3 is 2. The second-order valence-corrected chi connectivity index (χ2v) is 3.62. The summed E-state index contributed by atoms with van der Waals surface area (Å²) in [4.78, 5) is 0. The van der Waals surface area contributed by atoms with Crippen LogP contribution in [0.2, 0.25) is 0 Å². The second kappa shape index (κ2) is 4.97. The Labute approximate surface area is 85.1 Å². The molecule has 0 radical (unpaired) electrons. The van der Waals surface area contributed by atoms with E-state index >= 15 is 0 Å². The van der Waals surface area contributed by atoms with Gasteiger partial charge in [-0.2, -0.15) is 0 Å². The molecule has 0 saturated carbocycles. The average molecular weight is 216 g/mol. The Morgan fingerprint density at radius 2 is 1.71 bits per heavy atom. The van der Waals surface area contributed by atoms with Crippen LogP contribution in [-0.2, 0) is 16.8 Å². The topological polar surface area (TPSA) is 55.8 Å². The normalized spacial score (nSPS) is 12.2. The standard InChI is InChI=1S/C9H12O4S/c1-12-8-3-7(6-14(10)11)4-9(5-8)13-2/h3-5H,6H2,1-2H3,(H,10,11). The molecule has 1 aromatic carbocycles. The van der Waals surface area contributed by atoms with Crippen molar-refractivity contribution in [2.24, 2.45) is 0 Å². The Morgan fingerprint density at radius 3 is 2.07 bits per heavy atom. The first-order valence-corrected chi connectivity index (χ1v) is 5.22. The van der Waals surface area contributed by atoms with Crippen LogP contribution >= 0.6 is 0 Å². The summed E-state index contributed by atoms with van der Waals surface area (Å²) in [5, 5.41) is 0. The molecule has 0 amide bonds. The molecule has 0 spiro atoms. The van der Waals surface area contributed by atoms with Crippen LogP contribution in [0.1, 0.15) is 5.56 Å². The third kappa shape index (κ3) is 3.01. The van der Waals surface area contributed by atoms with Gasteiger partial charge in [0.1, 0.15) is 11.5 Å². The lowest BCUT2D eigenvalue weighted by Crippen LogP contribution is -1.95. The summed E-state index contributed by atoms with van der Waals surface area (Å²) in [5.41, 5.74) is 0.710. The lowest BCUT2D eigenvalue weighted by atomic mass is 10.2. The first-order chi connectivity index (χ1) is 6.65. The largest absolute Gasteiger partial charge is 0.497 e. The molecule has 0 aromatic heterocycles. The van der Waals surface area contributed by atoms with Crippen molar-refractivity contribution in [3.63, 3.8) is 0 Å². The Hall–Kier alpha value is -1.07. The number of hydrogen-bond donors (Lipinski definition) is 1. The molecule has 1 unspecified atom stereocenters. The summed E-state index contributed by atoms with van der Waals surface area (Å²) in [6.07, 6.45) is 0. The molecule has 0 heterocycles. The Kier molecular flexibility index (Phi) is 3.91. The van der Waals surface area contributed by atoms with E-state index in [1.54, 1.807) is 18.2 Å². The van der Waals surface area contributed by atoms with Crippen LogP contribution in [0.4, 0.5) is 0 Å². The van der Waals surface area contributed by atoms with Crippen molar-refractivity contribution >= 4 is 11.1 Å². The third-order valence-corrected chi connectivity index (χ3v) is 2.28. The van der Waals surface area contributed by atoms with Crippen molar-refractivity contribution in [1.29, 1.82) is 0 Å². The molecule has 0 aliphatic rings. The minimum absolute atomic E-state index is 0.0769. The molecule has 0 fully saturated rings. The van der Waals surface area contributed by atoms with Gasteiger partial charge >= 0.3 is 0 Å². The maximum absolute atomic E-state index is 10.6. The Balaban J connectivity index is 2.98. The molecule has 0 aliphatic carbocycles. The minimum atomic E-state index is -1.85. The summed E-state index contributed by atoms with van der Waals surface area (Å²) in [5.74, 6) is 1.31. The fourth-order valence-corrected chi connectivity index (χ4v) is 1.54. The fourth-order valence-electron chi connectivity index (χ4n) is 1.09. The van der Waals surface area contributed by atoms with Gasteiger partial charge in [-0.3, -0.25) is 0 Å². The van der Waals surface area contributed by atoms with E-state index in [0.717, 1.165) is 0 Å². The van der Waals surface area contributed by atoms with Gasteiger partial charge in [-0.1, -0.05) is 0 Å². The quantitative estimate of drug-likeness (QED) is 0.773. The summed E-state index contributed by atoms with van der Waals surface area (Å²) in [6.45, 7) is 0. The first-order valence-electron chi connectivity index (χ1n) is 3.95. The van der Waals surface area contributed by atoms with Crippen LogP contribution in [0, 0.1) is 0 Å². The highest BCUT2D eigenvalue weighted by Gasteiger charge is 2.03. The Morgan fingerprint density at radius 1 is 1.21 bits per heavy atom. The van der Waals surface area contributed by atoms with Crippen LogP contribution in [0.25, 0.3) is 0 Å². The summed E-state index contributed by atoms with van der Waals surface area (Å²) >= 11 is -1.85. The maximum atomic E-state index is 10.6. The second-order valence-electron chi connectivity index (χ2n) is 2.69. The lowest BCUT2D eigenvalue weighted by molar-refractivity contribution is 0.393. The highest BCUT2D eigenvalue weighted by Crippen LogP contribution is 2.22. The van der Waals surface area contributed by atoms with Gasteiger partial charge in [0.15, 0.2) is 11.1 Å². The zero-order valence-corrected chi connectivity index (χ0v) is 8.84. The number of benzene rings is 1. The zero-order valence-electron chi connectivity index (χ0n) is 8.02. The van der Waals surface area contributed by atoms with Crippen molar-refractivity contribution in [3.05, 3.63) is 23.8 Å². The molecule has 1 atom stereocenters. The number of hydrogen-bond acceptors (Lipinski definition) is 3. The molecule has 5 heteroatoms. The molecule has 1 rings (SSSR count). The highest BCUT2D eigenvalue weighted by molar-refractivity contribution is 7.78.